The second-order valence-corrected chi connectivity index (χ2v) is 7.75. The van der Waals surface area contributed by atoms with Gasteiger partial charge in [0.1, 0.15) is 5.75 Å². The minimum atomic E-state index is -0.133. The molecular formula is C26H24N4O2. The number of anilines is 2. The molecule has 1 aliphatic rings. The zero-order valence-corrected chi connectivity index (χ0v) is 17.9. The van der Waals surface area contributed by atoms with Gasteiger partial charge in [0.05, 0.1) is 18.1 Å². The zero-order chi connectivity index (χ0) is 21.9. The van der Waals surface area contributed by atoms with Crippen LogP contribution in [0.1, 0.15) is 16.1 Å². The largest absolute Gasteiger partial charge is 0.497 e. The SMILES string of the molecule is COc1ccc(C(=O)c2nc3ccccc3nc2N2CCN(c3ccccc3)CC2)cc1. The van der Waals surface area contributed by atoms with Crippen molar-refractivity contribution in [3.63, 3.8) is 0 Å². The summed E-state index contributed by atoms with van der Waals surface area (Å²) in [5, 5.41) is 0. The number of para-hydroxylation sites is 3. The molecule has 4 aromatic rings. The van der Waals surface area contributed by atoms with Crippen molar-refractivity contribution >= 4 is 28.3 Å². The smallest absolute Gasteiger partial charge is 0.215 e. The maximum absolute atomic E-state index is 13.5. The van der Waals surface area contributed by atoms with Gasteiger partial charge in [-0.3, -0.25) is 4.79 Å². The number of hydrogen-bond acceptors (Lipinski definition) is 6. The number of piperazine rings is 1. The number of nitrogens with zero attached hydrogens (tertiary/aromatic N) is 4. The van der Waals surface area contributed by atoms with E-state index in [0.717, 1.165) is 37.2 Å². The second kappa shape index (κ2) is 8.67. The molecule has 1 aliphatic heterocycles. The Hall–Kier alpha value is -3.93. The summed E-state index contributed by atoms with van der Waals surface area (Å²) < 4.78 is 5.23. The normalized spacial score (nSPS) is 13.9. The van der Waals surface area contributed by atoms with Gasteiger partial charge in [0.25, 0.3) is 0 Å². The van der Waals surface area contributed by atoms with Crippen LogP contribution in [0, 0.1) is 0 Å². The van der Waals surface area contributed by atoms with Crippen LogP contribution in [-0.4, -0.2) is 49.0 Å². The third-order valence-electron chi connectivity index (χ3n) is 5.82. The molecule has 0 unspecified atom stereocenters. The Balaban J connectivity index is 1.48. The van der Waals surface area contributed by atoms with Crippen molar-refractivity contribution in [1.82, 2.24) is 9.97 Å². The quantitative estimate of drug-likeness (QED) is 0.448. The van der Waals surface area contributed by atoms with E-state index in [4.69, 9.17) is 14.7 Å². The van der Waals surface area contributed by atoms with Gasteiger partial charge >= 0.3 is 0 Å². The lowest BCUT2D eigenvalue weighted by Gasteiger charge is -2.37. The first-order valence-corrected chi connectivity index (χ1v) is 10.7. The highest BCUT2D eigenvalue weighted by Gasteiger charge is 2.25. The molecule has 1 fully saturated rings. The van der Waals surface area contributed by atoms with Crippen LogP contribution < -0.4 is 14.5 Å². The van der Waals surface area contributed by atoms with E-state index in [2.05, 4.69) is 34.1 Å². The number of hydrogen-bond donors (Lipinski definition) is 0. The van der Waals surface area contributed by atoms with Crippen LogP contribution in [0.2, 0.25) is 0 Å². The lowest BCUT2D eigenvalue weighted by Crippen LogP contribution is -2.47. The van der Waals surface area contributed by atoms with Gasteiger partial charge in [-0.15, -0.1) is 0 Å². The number of carbonyl (C=O) groups is 1. The molecule has 6 nitrogen and oxygen atoms in total. The molecule has 2 heterocycles. The fourth-order valence-electron chi connectivity index (χ4n) is 4.06. The average Bonchev–Trinajstić information content (AvgIpc) is 2.88. The molecule has 1 saturated heterocycles. The van der Waals surface area contributed by atoms with Gasteiger partial charge in [-0.25, -0.2) is 9.97 Å². The Morgan fingerprint density at radius 3 is 2.00 bits per heavy atom. The van der Waals surface area contributed by atoms with Crippen LogP contribution in [0.5, 0.6) is 5.75 Å². The van der Waals surface area contributed by atoms with Gasteiger partial charge in [0, 0.05) is 37.4 Å². The number of ether oxygens (including phenoxy) is 1. The monoisotopic (exact) mass is 424 g/mol. The standard InChI is InChI=1S/C26H24N4O2/c1-32-21-13-11-19(12-14-21)25(31)24-26(28-23-10-6-5-9-22(23)27-24)30-17-15-29(16-18-30)20-7-3-2-4-8-20/h2-14H,15-18H2,1H3. The molecular weight excluding hydrogens is 400 g/mol. The van der Waals surface area contributed by atoms with Crippen molar-refractivity contribution in [3.8, 4) is 5.75 Å². The maximum atomic E-state index is 13.5. The maximum Gasteiger partial charge on any atom is 0.215 e. The van der Waals surface area contributed by atoms with Crippen LogP contribution >= 0.6 is 0 Å². The number of benzene rings is 3. The van der Waals surface area contributed by atoms with Crippen molar-refractivity contribution in [2.24, 2.45) is 0 Å². The predicted molar refractivity (Wildman–Crippen MR) is 127 cm³/mol. The van der Waals surface area contributed by atoms with E-state index in [-0.39, 0.29) is 5.78 Å². The van der Waals surface area contributed by atoms with Crippen molar-refractivity contribution < 1.29 is 9.53 Å². The number of methoxy groups -OCH3 is 1. The minimum Gasteiger partial charge on any atom is -0.497 e. The molecule has 6 heteroatoms. The summed E-state index contributed by atoms with van der Waals surface area (Å²) in [6, 6.07) is 25.2. The van der Waals surface area contributed by atoms with Crippen LogP contribution in [0.15, 0.2) is 78.9 Å². The Bertz CT molecular complexity index is 1230. The Labute approximate surface area is 187 Å². The molecule has 1 aromatic heterocycles. The van der Waals surface area contributed by atoms with Gasteiger partial charge in [-0.05, 0) is 48.5 Å². The summed E-state index contributed by atoms with van der Waals surface area (Å²) in [4.78, 5) is 27.6. The number of aromatic nitrogens is 2. The summed E-state index contributed by atoms with van der Waals surface area (Å²) in [5.41, 5.74) is 3.68. The van der Waals surface area contributed by atoms with E-state index in [1.807, 2.05) is 30.3 Å². The van der Waals surface area contributed by atoms with Crippen LogP contribution in [0.3, 0.4) is 0 Å². The molecule has 0 N–H and O–H groups in total. The second-order valence-electron chi connectivity index (χ2n) is 7.75. The van der Waals surface area contributed by atoms with Crippen LogP contribution in [-0.2, 0) is 0 Å². The molecule has 0 aliphatic carbocycles. The summed E-state index contributed by atoms with van der Waals surface area (Å²) >= 11 is 0. The van der Waals surface area contributed by atoms with E-state index in [0.29, 0.717) is 22.8 Å². The van der Waals surface area contributed by atoms with Gasteiger partial charge < -0.3 is 14.5 Å². The summed E-state index contributed by atoms with van der Waals surface area (Å²) in [6.07, 6.45) is 0. The van der Waals surface area contributed by atoms with Crippen molar-refractivity contribution in [3.05, 3.63) is 90.1 Å². The van der Waals surface area contributed by atoms with Gasteiger partial charge in [0.2, 0.25) is 5.78 Å². The lowest BCUT2D eigenvalue weighted by atomic mass is 10.1. The highest BCUT2D eigenvalue weighted by Crippen LogP contribution is 2.26. The van der Waals surface area contributed by atoms with Crippen molar-refractivity contribution in [2.75, 3.05) is 43.1 Å². The van der Waals surface area contributed by atoms with E-state index >= 15 is 0 Å². The van der Waals surface area contributed by atoms with E-state index in [1.165, 1.54) is 5.69 Å². The highest BCUT2D eigenvalue weighted by atomic mass is 16.5. The van der Waals surface area contributed by atoms with Crippen molar-refractivity contribution in [2.45, 2.75) is 0 Å². The van der Waals surface area contributed by atoms with Gasteiger partial charge in [-0.1, -0.05) is 30.3 Å². The third-order valence-corrected chi connectivity index (χ3v) is 5.82. The lowest BCUT2D eigenvalue weighted by molar-refractivity contribution is 0.103. The highest BCUT2D eigenvalue weighted by molar-refractivity contribution is 6.11. The number of carbonyl (C=O) groups excluding carboxylic acids is 1. The molecule has 0 saturated carbocycles. The summed E-state index contributed by atoms with van der Waals surface area (Å²) in [6.45, 7) is 3.25. The van der Waals surface area contributed by atoms with Gasteiger partial charge in [-0.2, -0.15) is 0 Å². The molecule has 32 heavy (non-hydrogen) atoms. The predicted octanol–water partition coefficient (Wildman–Crippen LogP) is 4.20. The van der Waals surface area contributed by atoms with Crippen molar-refractivity contribution in [1.29, 1.82) is 0 Å². The summed E-state index contributed by atoms with van der Waals surface area (Å²) in [5.74, 6) is 1.23. The van der Waals surface area contributed by atoms with Crippen LogP contribution in [0.4, 0.5) is 11.5 Å². The molecule has 3 aromatic carbocycles. The average molecular weight is 425 g/mol. The van der Waals surface area contributed by atoms with Crippen LogP contribution in [0.25, 0.3) is 11.0 Å². The minimum absolute atomic E-state index is 0.133. The third kappa shape index (κ3) is 3.87. The first-order chi connectivity index (χ1) is 15.7. The molecule has 0 bridgehead atoms. The Kier molecular flexibility index (Phi) is 5.42. The fourth-order valence-corrected chi connectivity index (χ4v) is 4.06. The number of fused-ring (bicyclic) bond motifs is 1. The molecule has 0 spiro atoms. The molecule has 0 atom stereocenters. The fraction of sp³-hybridized carbons (Fsp3) is 0.192. The van der Waals surface area contributed by atoms with E-state index in [1.54, 1.807) is 31.4 Å². The van der Waals surface area contributed by atoms with E-state index in [9.17, 15) is 4.79 Å². The Morgan fingerprint density at radius 2 is 1.34 bits per heavy atom. The zero-order valence-electron chi connectivity index (χ0n) is 17.9. The molecule has 0 radical (unpaired) electrons. The number of ketones is 1. The number of rotatable bonds is 5. The van der Waals surface area contributed by atoms with Gasteiger partial charge in [0.15, 0.2) is 11.5 Å². The molecule has 0 amide bonds. The first kappa shape index (κ1) is 20.0. The molecule has 5 rings (SSSR count). The Morgan fingerprint density at radius 1 is 0.750 bits per heavy atom. The summed E-state index contributed by atoms with van der Waals surface area (Å²) in [7, 11) is 1.61. The van der Waals surface area contributed by atoms with E-state index < -0.39 is 0 Å². The topological polar surface area (TPSA) is 58.6 Å². The molecule has 160 valence electrons. The first-order valence-electron chi connectivity index (χ1n) is 10.7.